The maximum Gasteiger partial charge on any atom is 0.308 e. The summed E-state index contributed by atoms with van der Waals surface area (Å²) in [5.41, 5.74) is 4.96. The fourth-order valence-electron chi connectivity index (χ4n) is 4.46. The number of imidazole rings is 1. The first-order valence-corrected chi connectivity index (χ1v) is 12.2. The number of esters is 1. The van der Waals surface area contributed by atoms with Crippen LogP contribution in [0.2, 0.25) is 0 Å². The summed E-state index contributed by atoms with van der Waals surface area (Å²) in [6, 6.07) is 21.7. The number of allylic oxidation sites excluding steroid dienone is 1. The molecule has 2 aromatic heterocycles. The molecule has 0 spiro atoms. The number of ketones is 1. The molecule has 0 bridgehead atoms. The second-order valence-corrected chi connectivity index (χ2v) is 8.92. The van der Waals surface area contributed by atoms with E-state index in [2.05, 4.69) is 52.1 Å². The standard InChI is InChI=1S/C31H27N3O4/c1-22(35)38-30-18-23(9-13-29(30)37-2)8-12-28(36)19-26-5-3-4-25-14-16-33(31(25)26)20-24-6-10-27(11-7-24)34-17-15-32-21-34/h3-18,21H,19-20H2,1-2H3/b12-8+. The molecule has 0 N–H and O–H groups in total. The van der Waals surface area contributed by atoms with Crippen LogP contribution in [0.4, 0.5) is 0 Å². The van der Waals surface area contributed by atoms with Gasteiger partial charge in [-0.3, -0.25) is 9.59 Å². The first kappa shape index (κ1) is 24.8. The number of carbonyl (C=O) groups is 2. The Labute approximate surface area is 220 Å². The van der Waals surface area contributed by atoms with E-state index in [-0.39, 0.29) is 12.2 Å². The fraction of sp³-hybridized carbons (Fsp3) is 0.129. The highest BCUT2D eigenvalue weighted by Crippen LogP contribution is 2.29. The number of hydrogen-bond donors (Lipinski definition) is 0. The number of aromatic nitrogens is 3. The van der Waals surface area contributed by atoms with Crippen LogP contribution in [0.5, 0.6) is 11.5 Å². The van der Waals surface area contributed by atoms with Crippen molar-refractivity contribution in [2.24, 2.45) is 0 Å². The van der Waals surface area contributed by atoms with Crippen molar-refractivity contribution in [3.63, 3.8) is 0 Å². The fourth-order valence-corrected chi connectivity index (χ4v) is 4.46. The van der Waals surface area contributed by atoms with Gasteiger partial charge in [-0.15, -0.1) is 0 Å². The Kier molecular flexibility index (Phi) is 7.17. The van der Waals surface area contributed by atoms with Gasteiger partial charge in [-0.25, -0.2) is 4.98 Å². The van der Waals surface area contributed by atoms with Crippen molar-refractivity contribution in [3.8, 4) is 17.2 Å². The van der Waals surface area contributed by atoms with E-state index < -0.39 is 5.97 Å². The molecule has 0 saturated heterocycles. The predicted octanol–water partition coefficient (Wildman–Crippen LogP) is 5.63. The molecular formula is C31H27N3O4. The zero-order chi connectivity index (χ0) is 26.5. The molecule has 5 aromatic rings. The molecule has 38 heavy (non-hydrogen) atoms. The maximum absolute atomic E-state index is 12.9. The van der Waals surface area contributed by atoms with Crippen LogP contribution in [0.15, 0.2) is 97.7 Å². The summed E-state index contributed by atoms with van der Waals surface area (Å²) >= 11 is 0. The lowest BCUT2D eigenvalue weighted by Gasteiger charge is -2.11. The SMILES string of the molecule is COc1ccc(/C=C/C(=O)Cc2cccc3ccn(Cc4ccc(-n5ccnc5)cc4)c23)cc1OC(C)=O. The van der Waals surface area contributed by atoms with Gasteiger partial charge in [0, 0.05) is 44.2 Å². The normalized spacial score (nSPS) is 11.2. The van der Waals surface area contributed by atoms with Gasteiger partial charge < -0.3 is 18.6 Å². The smallest absolute Gasteiger partial charge is 0.308 e. The van der Waals surface area contributed by atoms with E-state index in [4.69, 9.17) is 9.47 Å². The monoisotopic (exact) mass is 505 g/mol. The van der Waals surface area contributed by atoms with Crippen molar-refractivity contribution in [1.82, 2.24) is 14.1 Å². The van der Waals surface area contributed by atoms with E-state index in [1.54, 1.807) is 42.9 Å². The lowest BCUT2D eigenvalue weighted by molar-refractivity contribution is -0.132. The Bertz CT molecular complexity index is 1610. The van der Waals surface area contributed by atoms with Crippen LogP contribution in [0.25, 0.3) is 22.7 Å². The quantitative estimate of drug-likeness (QED) is 0.147. The number of para-hydroxylation sites is 1. The van der Waals surface area contributed by atoms with Gasteiger partial charge in [0.25, 0.3) is 0 Å². The number of rotatable bonds is 9. The number of nitrogens with zero attached hydrogens (tertiary/aromatic N) is 3. The van der Waals surface area contributed by atoms with E-state index in [0.29, 0.717) is 18.0 Å². The number of methoxy groups -OCH3 is 1. The van der Waals surface area contributed by atoms with Crippen LogP contribution in [-0.2, 0) is 22.6 Å². The topological polar surface area (TPSA) is 75.3 Å². The van der Waals surface area contributed by atoms with Crippen molar-refractivity contribution in [3.05, 3.63) is 114 Å². The van der Waals surface area contributed by atoms with Gasteiger partial charge in [0.2, 0.25) is 0 Å². The van der Waals surface area contributed by atoms with E-state index in [0.717, 1.165) is 33.3 Å². The minimum atomic E-state index is -0.439. The van der Waals surface area contributed by atoms with Gasteiger partial charge in [-0.1, -0.05) is 42.5 Å². The highest BCUT2D eigenvalue weighted by atomic mass is 16.6. The predicted molar refractivity (Wildman–Crippen MR) is 147 cm³/mol. The van der Waals surface area contributed by atoms with Crippen LogP contribution in [0.1, 0.15) is 23.6 Å². The molecule has 0 fully saturated rings. The molecule has 7 nitrogen and oxygen atoms in total. The first-order valence-electron chi connectivity index (χ1n) is 12.2. The molecular weight excluding hydrogens is 478 g/mol. The molecule has 0 aliphatic carbocycles. The maximum atomic E-state index is 12.9. The highest BCUT2D eigenvalue weighted by Gasteiger charge is 2.11. The Morgan fingerprint density at radius 3 is 2.55 bits per heavy atom. The van der Waals surface area contributed by atoms with Crippen LogP contribution in [0.3, 0.4) is 0 Å². The molecule has 5 rings (SSSR count). The molecule has 3 aromatic carbocycles. The molecule has 0 aliphatic heterocycles. The van der Waals surface area contributed by atoms with Crippen molar-refractivity contribution in [2.45, 2.75) is 19.9 Å². The summed E-state index contributed by atoms with van der Waals surface area (Å²) in [5, 5.41) is 1.09. The van der Waals surface area contributed by atoms with Crippen molar-refractivity contribution in [2.75, 3.05) is 7.11 Å². The summed E-state index contributed by atoms with van der Waals surface area (Å²) in [5.74, 6) is 0.299. The third-order valence-electron chi connectivity index (χ3n) is 6.23. The Morgan fingerprint density at radius 2 is 1.82 bits per heavy atom. The van der Waals surface area contributed by atoms with Gasteiger partial charge in [-0.2, -0.15) is 0 Å². The zero-order valence-electron chi connectivity index (χ0n) is 21.2. The van der Waals surface area contributed by atoms with Crippen molar-refractivity contribution < 1.29 is 19.1 Å². The Hall–Kier alpha value is -4.91. The van der Waals surface area contributed by atoms with Crippen LogP contribution in [-0.4, -0.2) is 33.0 Å². The summed E-state index contributed by atoms with van der Waals surface area (Å²) in [6.45, 7) is 2.03. The van der Waals surface area contributed by atoms with Crippen molar-refractivity contribution in [1.29, 1.82) is 0 Å². The first-order chi connectivity index (χ1) is 18.5. The molecule has 190 valence electrons. The minimum absolute atomic E-state index is 0.0280. The highest BCUT2D eigenvalue weighted by molar-refractivity contribution is 5.97. The minimum Gasteiger partial charge on any atom is -0.493 e. The van der Waals surface area contributed by atoms with Gasteiger partial charge in [-0.05, 0) is 58.5 Å². The summed E-state index contributed by atoms with van der Waals surface area (Å²) in [4.78, 5) is 28.4. The molecule has 0 unspecified atom stereocenters. The molecule has 2 heterocycles. The number of hydrogen-bond acceptors (Lipinski definition) is 5. The van der Waals surface area contributed by atoms with E-state index in [1.807, 2.05) is 22.9 Å². The summed E-state index contributed by atoms with van der Waals surface area (Å²) in [6.07, 6.45) is 11.1. The molecule has 0 radical (unpaired) electrons. The van der Waals surface area contributed by atoms with Crippen LogP contribution >= 0.6 is 0 Å². The molecule has 0 atom stereocenters. The number of benzene rings is 3. The van der Waals surface area contributed by atoms with Gasteiger partial charge in [0.1, 0.15) is 0 Å². The van der Waals surface area contributed by atoms with Crippen LogP contribution in [0, 0.1) is 0 Å². The second-order valence-electron chi connectivity index (χ2n) is 8.92. The average Bonchev–Trinajstić information content (AvgIpc) is 3.59. The lowest BCUT2D eigenvalue weighted by atomic mass is 10.0. The second kappa shape index (κ2) is 11.0. The zero-order valence-corrected chi connectivity index (χ0v) is 21.2. The van der Waals surface area contributed by atoms with E-state index in [1.165, 1.54) is 14.0 Å². The number of fused-ring (bicyclic) bond motifs is 1. The van der Waals surface area contributed by atoms with Gasteiger partial charge >= 0.3 is 5.97 Å². The summed E-state index contributed by atoms with van der Waals surface area (Å²) in [7, 11) is 1.51. The average molecular weight is 506 g/mol. The van der Waals surface area contributed by atoms with E-state index >= 15 is 0 Å². The third kappa shape index (κ3) is 5.57. The van der Waals surface area contributed by atoms with E-state index in [9.17, 15) is 9.59 Å². The molecule has 0 saturated carbocycles. The van der Waals surface area contributed by atoms with Gasteiger partial charge in [0.15, 0.2) is 17.3 Å². The molecule has 0 aliphatic rings. The summed E-state index contributed by atoms with van der Waals surface area (Å²) < 4.78 is 14.6. The Balaban J connectivity index is 1.33. The lowest BCUT2D eigenvalue weighted by Crippen LogP contribution is -2.04. The van der Waals surface area contributed by atoms with Gasteiger partial charge in [0.05, 0.1) is 19.0 Å². The number of ether oxygens (including phenoxy) is 2. The van der Waals surface area contributed by atoms with Crippen molar-refractivity contribution >= 4 is 28.7 Å². The number of carbonyl (C=O) groups excluding carboxylic acids is 2. The molecule has 7 heteroatoms. The Morgan fingerprint density at radius 1 is 0.974 bits per heavy atom. The third-order valence-corrected chi connectivity index (χ3v) is 6.23. The molecule has 0 amide bonds. The largest absolute Gasteiger partial charge is 0.493 e. The van der Waals surface area contributed by atoms with Crippen LogP contribution < -0.4 is 9.47 Å².